The number of hydrogen-bond donors (Lipinski definition) is 1. The first kappa shape index (κ1) is 15.4. The summed E-state index contributed by atoms with van der Waals surface area (Å²) in [7, 11) is 0. The van der Waals surface area contributed by atoms with Crippen LogP contribution in [0.2, 0.25) is 0 Å². The van der Waals surface area contributed by atoms with Crippen LogP contribution in [0.1, 0.15) is 45.7 Å². The lowest BCUT2D eigenvalue weighted by molar-refractivity contribution is 0.217. The Kier molecular flexibility index (Phi) is 5.26. The quantitative estimate of drug-likeness (QED) is 0.827. The number of nitrogens with zero attached hydrogens (tertiary/aromatic N) is 2. The predicted octanol–water partition coefficient (Wildman–Crippen LogP) is 4.25. The van der Waals surface area contributed by atoms with Crippen LogP contribution in [-0.2, 0) is 6.54 Å². The van der Waals surface area contributed by atoms with E-state index in [-0.39, 0.29) is 6.10 Å². The van der Waals surface area contributed by atoms with Crippen LogP contribution < -0.4 is 10.1 Å². The Balaban J connectivity index is 1.94. The molecule has 1 atom stereocenters. The molecule has 0 saturated carbocycles. The van der Waals surface area contributed by atoms with Crippen LogP contribution in [0.5, 0.6) is 5.75 Å². The molecule has 1 unspecified atom stereocenters. The normalized spacial score (nSPS) is 12.4. The number of nitrogens with one attached hydrogen (secondary N) is 1. The maximum Gasteiger partial charge on any atom is 0.121 e. The van der Waals surface area contributed by atoms with Gasteiger partial charge in [-0.1, -0.05) is 13.0 Å². The van der Waals surface area contributed by atoms with Gasteiger partial charge in [0.05, 0.1) is 12.3 Å². The highest BCUT2D eigenvalue weighted by atomic mass is 16.5. The van der Waals surface area contributed by atoms with E-state index < -0.39 is 0 Å². The Hall–Kier alpha value is -1.97. The summed E-state index contributed by atoms with van der Waals surface area (Å²) >= 11 is 0. The summed E-state index contributed by atoms with van der Waals surface area (Å²) in [6.45, 7) is 9.22. The first-order valence-corrected chi connectivity index (χ1v) is 7.62. The molecule has 0 spiro atoms. The Bertz CT molecular complexity index is 563. The molecule has 2 rings (SSSR count). The van der Waals surface area contributed by atoms with Crippen molar-refractivity contribution in [3.05, 3.63) is 42.2 Å². The summed E-state index contributed by atoms with van der Waals surface area (Å²) in [4.78, 5) is 0. The summed E-state index contributed by atoms with van der Waals surface area (Å²) in [5.41, 5.74) is 2.24. The Morgan fingerprint density at radius 3 is 2.76 bits per heavy atom. The van der Waals surface area contributed by atoms with E-state index in [4.69, 9.17) is 4.74 Å². The van der Waals surface area contributed by atoms with Crippen molar-refractivity contribution >= 4 is 5.69 Å². The summed E-state index contributed by atoms with van der Waals surface area (Å²) < 4.78 is 7.81. The summed E-state index contributed by atoms with van der Waals surface area (Å²) in [5.74, 6) is 0.909. The van der Waals surface area contributed by atoms with Crippen molar-refractivity contribution in [3.63, 3.8) is 0 Å². The van der Waals surface area contributed by atoms with E-state index in [2.05, 4.69) is 50.4 Å². The molecule has 1 aromatic heterocycles. The Morgan fingerprint density at radius 1 is 1.29 bits per heavy atom. The second-order valence-electron chi connectivity index (χ2n) is 5.64. The minimum Gasteiger partial charge on any atom is -0.491 e. The van der Waals surface area contributed by atoms with Crippen molar-refractivity contribution in [2.45, 2.75) is 52.8 Å². The van der Waals surface area contributed by atoms with Gasteiger partial charge in [-0.3, -0.25) is 4.68 Å². The summed E-state index contributed by atoms with van der Waals surface area (Å²) in [6.07, 6.45) is 5.24. The predicted molar refractivity (Wildman–Crippen MR) is 86.8 cm³/mol. The maximum atomic E-state index is 5.84. The fourth-order valence-electron chi connectivity index (χ4n) is 1.95. The molecule has 0 aliphatic rings. The number of hydrogen-bond acceptors (Lipinski definition) is 3. The van der Waals surface area contributed by atoms with E-state index in [1.807, 2.05) is 29.1 Å². The van der Waals surface area contributed by atoms with Crippen molar-refractivity contribution in [2.24, 2.45) is 0 Å². The van der Waals surface area contributed by atoms with E-state index in [1.54, 1.807) is 0 Å². The molecule has 0 saturated heterocycles. The molecule has 1 N–H and O–H groups in total. The number of rotatable bonds is 7. The zero-order chi connectivity index (χ0) is 15.2. The Morgan fingerprint density at radius 2 is 2.10 bits per heavy atom. The lowest BCUT2D eigenvalue weighted by atomic mass is 10.2. The highest BCUT2D eigenvalue weighted by molar-refractivity contribution is 5.48. The minimum absolute atomic E-state index is 0.240. The van der Waals surface area contributed by atoms with Crippen LogP contribution in [-0.4, -0.2) is 15.9 Å². The average Bonchev–Trinajstić information content (AvgIpc) is 2.94. The fourth-order valence-corrected chi connectivity index (χ4v) is 1.95. The molecule has 0 bridgehead atoms. The van der Waals surface area contributed by atoms with Gasteiger partial charge < -0.3 is 10.1 Å². The van der Waals surface area contributed by atoms with Gasteiger partial charge in [0.1, 0.15) is 5.75 Å². The van der Waals surface area contributed by atoms with Gasteiger partial charge in [0.15, 0.2) is 0 Å². The highest BCUT2D eigenvalue weighted by Gasteiger charge is 2.04. The standard InChI is InChI=1S/C17H25N3O/c1-5-14(4)21-17-8-6-7-16(9-17)18-10-15-11-19-20(12-15)13(2)3/h6-9,11-14,18H,5,10H2,1-4H3. The average molecular weight is 287 g/mol. The van der Waals surface area contributed by atoms with Crippen molar-refractivity contribution in [2.75, 3.05) is 5.32 Å². The maximum absolute atomic E-state index is 5.84. The molecule has 4 nitrogen and oxygen atoms in total. The molecule has 0 fully saturated rings. The van der Waals surface area contributed by atoms with E-state index in [0.29, 0.717) is 6.04 Å². The molecule has 0 aliphatic carbocycles. The molecule has 0 amide bonds. The molecular formula is C17H25N3O. The number of aromatic nitrogens is 2. The largest absolute Gasteiger partial charge is 0.491 e. The van der Waals surface area contributed by atoms with E-state index in [1.165, 1.54) is 5.56 Å². The van der Waals surface area contributed by atoms with Crippen LogP contribution >= 0.6 is 0 Å². The van der Waals surface area contributed by atoms with Gasteiger partial charge in [0.2, 0.25) is 0 Å². The van der Waals surface area contributed by atoms with Gasteiger partial charge in [-0.25, -0.2) is 0 Å². The third kappa shape index (κ3) is 4.52. The Labute approximate surface area is 127 Å². The van der Waals surface area contributed by atoms with Crippen molar-refractivity contribution < 1.29 is 4.74 Å². The zero-order valence-electron chi connectivity index (χ0n) is 13.3. The third-order valence-electron chi connectivity index (χ3n) is 3.43. The monoisotopic (exact) mass is 287 g/mol. The highest BCUT2D eigenvalue weighted by Crippen LogP contribution is 2.20. The van der Waals surface area contributed by atoms with Gasteiger partial charge in [-0.2, -0.15) is 5.10 Å². The molecule has 2 aromatic rings. The SMILES string of the molecule is CCC(C)Oc1cccc(NCc2cnn(C(C)C)c2)c1. The fraction of sp³-hybridized carbons (Fsp3) is 0.471. The molecular weight excluding hydrogens is 262 g/mol. The van der Waals surface area contributed by atoms with E-state index in [0.717, 1.165) is 24.4 Å². The van der Waals surface area contributed by atoms with Crippen LogP contribution in [0.15, 0.2) is 36.7 Å². The van der Waals surface area contributed by atoms with Gasteiger partial charge in [-0.05, 0) is 39.3 Å². The molecule has 1 heterocycles. The van der Waals surface area contributed by atoms with Crippen LogP contribution in [0.3, 0.4) is 0 Å². The molecule has 1 aromatic carbocycles. The van der Waals surface area contributed by atoms with Gasteiger partial charge in [0, 0.05) is 36.1 Å². The van der Waals surface area contributed by atoms with Gasteiger partial charge in [0.25, 0.3) is 0 Å². The first-order valence-electron chi connectivity index (χ1n) is 7.62. The molecule has 21 heavy (non-hydrogen) atoms. The third-order valence-corrected chi connectivity index (χ3v) is 3.43. The van der Waals surface area contributed by atoms with Crippen LogP contribution in [0.4, 0.5) is 5.69 Å². The second kappa shape index (κ2) is 7.16. The number of benzene rings is 1. The minimum atomic E-state index is 0.240. The van der Waals surface area contributed by atoms with Crippen molar-refractivity contribution in [3.8, 4) is 5.75 Å². The number of ether oxygens (including phenoxy) is 1. The lowest BCUT2D eigenvalue weighted by Gasteiger charge is -2.13. The smallest absolute Gasteiger partial charge is 0.121 e. The van der Waals surface area contributed by atoms with Gasteiger partial charge >= 0.3 is 0 Å². The van der Waals surface area contributed by atoms with Gasteiger partial charge in [-0.15, -0.1) is 0 Å². The van der Waals surface area contributed by atoms with E-state index in [9.17, 15) is 0 Å². The first-order chi connectivity index (χ1) is 10.1. The summed E-state index contributed by atoms with van der Waals surface area (Å²) in [6, 6.07) is 8.49. The molecule has 0 aliphatic heterocycles. The number of anilines is 1. The summed E-state index contributed by atoms with van der Waals surface area (Å²) in [5, 5.41) is 7.76. The molecule has 114 valence electrons. The molecule has 0 radical (unpaired) electrons. The zero-order valence-corrected chi connectivity index (χ0v) is 13.3. The lowest BCUT2D eigenvalue weighted by Crippen LogP contribution is -2.09. The second-order valence-corrected chi connectivity index (χ2v) is 5.64. The van der Waals surface area contributed by atoms with Crippen LogP contribution in [0.25, 0.3) is 0 Å². The van der Waals surface area contributed by atoms with Crippen LogP contribution in [0, 0.1) is 0 Å². The van der Waals surface area contributed by atoms with Crippen molar-refractivity contribution in [1.29, 1.82) is 0 Å². The molecule has 4 heteroatoms. The van der Waals surface area contributed by atoms with E-state index >= 15 is 0 Å². The van der Waals surface area contributed by atoms with Crippen molar-refractivity contribution in [1.82, 2.24) is 9.78 Å². The topological polar surface area (TPSA) is 39.1 Å².